The molecule has 2 aromatic heterocycles. The minimum absolute atomic E-state index is 0.566. The van der Waals surface area contributed by atoms with E-state index in [1.807, 2.05) is 48.5 Å². The lowest BCUT2D eigenvalue weighted by molar-refractivity contribution is 1.18. The average molecular weight is 636 g/mol. The SMILES string of the molecule is N#Cc1ccc2c(c1)c1cc(C#N)ccc1n2-c1ccc(-c2c(C#N)cccc2-c2ccccc2-n2c3ccccc3c3ccccc32)cc1. The fourth-order valence-electron chi connectivity index (χ4n) is 7.48. The molecule has 0 saturated carbocycles. The van der Waals surface area contributed by atoms with Crippen molar-refractivity contribution in [1.82, 2.24) is 9.13 Å². The summed E-state index contributed by atoms with van der Waals surface area (Å²) in [6, 6.07) is 57.9. The Bertz CT molecular complexity index is 2830. The van der Waals surface area contributed by atoms with E-state index in [9.17, 15) is 15.8 Å². The van der Waals surface area contributed by atoms with Gasteiger partial charge >= 0.3 is 0 Å². The highest BCUT2D eigenvalue weighted by molar-refractivity contribution is 6.11. The zero-order valence-electron chi connectivity index (χ0n) is 26.7. The summed E-state index contributed by atoms with van der Waals surface area (Å²) in [5.74, 6) is 0. The molecule has 0 spiro atoms. The monoisotopic (exact) mass is 635 g/mol. The number of para-hydroxylation sites is 3. The van der Waals surface area contributed by atoms with Gasteiger partial charge in [0.25, 0.3) is 0 Å². The van der Waals surface area contributed by atoms with Crippen molar-refractivity contribution in [3.63, 3.8) is 0 Å². The molecule has 2 heterocycles. The minimum Gasteiger partial charge on any atom is -0.309 e. The van der Waals surface area contributed by atoms with Gasteiger partial charge in [0.2, 0.25) is 0 Å². The van der Waals surface area contributed by atoms with E-state index < -0.39 is 0 Å². The molecule has 0 aliphatic carbocycles. The molecular formula is C45H25N5. The number of rotatable bonds is 4. The van der Waals surface area contributed by atoms with Gasteiger partial charge in [-0.3, -0.25) is 0 Å². The van der Waals surface area contributed by atoms with E-state index in [1.165, 1.54) is 10.8 Å². The van der Waals surface area contributed by atoms with Crippen molar-refractivity contribution in [1.29, 1.82) is 15.8 Å². The average Bonchev–Trinajstić information content (AvgIpc) is 3.69. The van der Waals surface area contributed by atoms with Crippen molar-refractivity contribution < 1.29 is 0 Å². The van der Waals surface area contributed by atoms with E-state index in [0.29, 0.717) is 16.7 Å². The molecule has 0 saturated heterocycles. The Hall–Kier alpha value is -7.39. The van der Waals surface area contributed by atoms with Crippen LogP contribution >= 0.6 is 0 Å². The van der Waals surface area contributed by atoms with Crippen LogP contribution in [0.15, 0.2) is 152 Å². The molecule has 9 aromatic rings. The fourth-order valence-corrected chi connectivity index (χ4v) is 7.48. The van der Waals surface area contributed by atoms with Crippen LogP contribution in [0, 0.1) is 34.0 Å². The Morgan fingerprint density at radius 3 is 1.54 bits per heavy atom. The van der Waals surface area contributed by atoms with Gasteiger partial charge in [-0.2, -0.15) is 15.8 Å². The molecule has 0 atom stereocenters. The first-order valence-corrected chi connectivity index (χ1v) is 16.3. The predicted octanol–water partition coefficient (Wildman–Crippen LogP) is 10.8. The summed E-state index contributed by atoms with van der Waals surface area (Å²) in [6.45, 7) is 0. The van der Waals surface area contributed by atoms with Crippen LogP contribution in [0.5, 0.6) is 0 Å². The van der Waals surface area contributed by atoms with Gasteiger partial charge < -0.3 is 9.13 Å². The first-order valence-electron chi connectivity index (χ1n) is 16.3. The maximum absolute atomic E-state index is 10.4. The molecule has 0 aliphatic heterocycles. The maximum atomic E-state index is 10.4. The van der Waals surface area contributed by atoms with Gasteiger partial charge in [0, 0.05) is 38.4 Å². The molecule has 5 nitrogen and oxygen atoms in total. The van der Waals surface area contributed by atoms with Crippen LogP contribution in [-0.2, 0) is 0 Å². The summed E-state index contributed by atoms with van der Waals surface area (Å²) >= 11 is 0. The highest BCUT2D eigenvalue weighted by atomic mass is 15.0. The van der Waals surface area contributed by atoms with Gasteiger partial charge in [-0.25, -0.2) is 0 Å². The summed E-state index contributed by atoms with van der Waals surface area (Å²) in [5.41, 5.74) is 11.6. The minimum atomic E-state index is 0.566. The second kappa shape index (κ2) is 11.4. The lowest BCUT2D eigenvalue weighted by Crippen LogP contribution is -1.99. The largest absolute Gasteiger partial charge is 0.309 e. The topological polar surface area (TPSA) is 81.2 Å². The van der Waals surface area contributed by atoms with Crippen LogP contribution in [-0.4, -0.2) is 9.13 Å². The van der Waals surface area contributed by atoms with Gasteiger partial charge in [0.05, 0.1) is 62.7 Å². The van der Waals surface area contributed by atoms with E-state index in [1.54, 1.807) is 0 Å². The zero-order valence-corrected chi connectivity index (χ0v) is 26.7. The predicted molar refractivity (Wildman–Crippen MR) is 200 cm³/mol. The zero-order chi connectivity index (χ0) is 33.8. The number of benzene rings is 7. The van der Waals surface area contributed by atoms with Crippen molar-refractivity contribution in [2.24, 2.45) is 0 Å². The first-order chi connectivity index (χ1) is 24.7. The van der Waals surface area contributed by atoms with E-state index >= 15 is 0 Å². The van der Waals surface area contributed by atoms with E-state index in [2.05, 4.69) is 130 Å². The summed E-state index contributed by atoms with van der Waals surface area (Å²) in [6.07, 6.45) is 0. The molecule has 0 N–H and O–H groups in total. The third-order valence-electron chi connectivity index (χ3n) is 9.64. The highest BCUT2D eigenvalue weighted by Crippen LogP contribution is 2.41. The van der Waals surface area contributed by atoms with Crippen molar-refractivity contribution in [2.75, 3.05) is 0 Å². The normalized spacial score (nSPS) is 11.1. The number of nitrogens with zero attached hydrogens (tertiary/aromatic N) is 5. The molecule has 0 unspecified atom stereocenters. The molecular weight excluding hydrogens is 611 g/mol. The van der Waals surface area contributed by atoms with Crippen LogP contribution in [0.3, 0.4) is 0 Å². The van der Waals surface area contributed by atoms with Crippen LogP contribution in [0.4, 0.5) is 0 Å². The Morgan fingerprint density at radius 2 is 0.940 bits per heavy atom. The number of hydrogen-bond acceptors (Lipinski definition) is 3. The van der Waals surface area contributed by atoms with Gasteiger partial charge in [-0.15, -0.1) is 0 Å². The summed E-state index contributed by atoms with van der Waals surface area (Å²) in [4.78, 5) is 0. The van der Waals surface area contributed by atoms with Crippen LogP contribution in [0.2, 0.25) is 0 Å². The van der Waals surface area contributed by atoms with E-state index in [-0.39, 0.29) is 0 Å². The molecule has 0 amide bonds. The van der Waals surface area contributed by atoms with E-state index in [0.717, 1.165) is 66.5 Å². The van der Waals surface area contributed by atoms with Gasteiger partial charge in [0.1, 0.15) is 0 Å². The molecule has 9 rings (SSSR count). The fraction of sp³-hybridized carbons (Fsp3) is 0. The van der Waals surface area contributed by atoms with Crippen molar-refractivity contribution in [3.05, 3.63) is 168 Å². The van der Waals surface area contributed by atoms with Crippen molar-refractivity contribution >= 4 is 43.6 Å². The molecule has 0 radical (unpaired) electrons. The molecule has 0 fully saturated rings. The lowest BCUT2D eigenvalue weighted by Gasteiger charge is -2.18. The molecule has 5 heteroatoms. The third-order valence-corrected chi connectivity index (χ3v) is 9.64. The summed E-state index contributed by atoms with van der Waals surface area (Å²) in [5, 5.41) is 33.8. The Morgan fingerprint density at radius 1 is 0.400 bits per heavy atom. The standard InChI is InChI=1S/C45H25N5/c46-26-29-16-22-43-38(24-29)39-25-30(27-47)17-23-44(39)49(43)33-20-18-31(19-21-33)45-32(28-48)8-7-12-37(45)36-11-3-6-15-42(36)50-40-13-4-1-9-34(40)35-10-2-5-14-41(35)50/h1-25H. The summed E-state index contributed by atoms with van der Waals surface area (Å²) in [7, 11) is 0. The first kappa shape index (κ1) is 28.8. The Balaban J connectivity index is 1.24. The second-order valence-electron chi connectivity index (χ2n) is 12.3. The van der Waals surface area contributed by atoms with Crippen LogP contribution in [0.1, 0.15) is 16.7 Å². The van der Waals surface area contributed by atoms with Crippen molar-refractivity contribution in [2.45, 2.75) is 0 Å². The van der Waals surface area contributed by atoms with E-state index in [4.69, 9.17) is 0 Å². The van der Waals surface area contributed by atoms with Gasteiger partial charge in [-0.05, 0) is 83.9 Å². The molecule has 0 aliphatic rings. The Labute approximate surface area is 287 Å². The molecule has 230 valence electrons. The summed E-state index contributed by atoms with van der Waals surface area (Å²) < 4.78 is 4.48. The Kier molecular flexibility index (Phi) is 6.56. The number of hydrogen-bond donors (Lipinski definition) is 0. The smallest absolute Gasteiger partial charge is 0.0998 e. The maximum Gasteiger partial charge on any atom is 0.0998 e. The molecule has 7 aromatic carbocycles. The quantitative estimate of drug-likeness (QED) is 0.193. The number of nitriles is 3. The van der Waals surface area contributed by atoms with Crippen LogP contribution < -0.4 is 0 Å². The number of aromatic nitrogens is 2. The lowest BCUT2D eigenvalue weighted by atomic mass is 9.90. The van der Waals surface area contributed by atoms with Gasteiger partial charge in [-0.1, -0.05) is 78.9 Å². The van der Waals surface area contributed by atoms with Gasteiger partial charge in [0.15, 0.2) is 0 Å². The van der Waals surface area contributed by atoms with Crippen LogP contribution in [0.25, 0.3) is 77.2 Å². The number of fused-ring (bicyclic) bond motifs is 6. The van der Waals surface area contributed by atoms with Crippen molar-refractivity contribution in [3.8, 4) is 51.8 Å². The third kappa shape index (κ3) is 4.31. The molecule has 50 heavy (non-hydrogen) atoms. The second-order valence-corrected chi connectivity index (χ2v) is 12.3. The highest BCUT2D eigenvalue weighted by Gasteiger charge is 2.20. The molecule has 0 bridgehead atoms.